The van der Waals surface area contributed by atoms with Crippen molar-refractivity contribution in [3.63, 3.8) is 0 Å². The Labute approximate surface area is 210 Å². The Morgan fingerprint density at radius 3 is 2.32 bits per heavy atom. The van der Waals surface area contributed by atoms with Gasteiger partial charge >= 0.3 is 5.97 Å². The fourth-order valence-electron chi connectivity index (χ4n) is 4.07. The Kier molecular flexibility index (Phi) is 5.34. The van der Waals surface area contributed by atoms with Crippen LogP contribution >= 0.6 is 11.7 Å². The van der Waals surface area contributed by atoms with E-state index in [-0.39, 0.29) is 45.6 Å². The van der Waals surface area contributed by atoms with Gasteiger partial charge in [-0.05, 0) is 29.8 Å². The molecule has 1 aliphatic carbocycles. The lowest BCUT2D eigenvalue weighted by Gasteiger charge is -2.08. The Bertz CT molecular complexity index is 1780. The number of hydrogen-bond donors (Lipinski definition) is 0. The standard InChI is InChI=1S/C26H12F2N4O4S/c27-17-7-14-15(8-18(17)28)25(34)16(24(14)33)6-13-10-29-22-19(30-13)9-20-23(32-37-31-20)21(22)26(35)36-11-12-4-2-1-3-5-12/h1-10H,11H2. The smallest absolute Gasteiger partial charge is 0.343 e. The van der Waals surface area contributed by atoms with Crippen molar-refractivity contribution in [3.05, 3.63) is 99.9 Å². The van der Waals surface area contributed by atoms with E-state index >= 15 is 0 Å². The first-order chi connectivity index (χ1) is 17.9. The second kappa shape index (κ2) is 8.71. The molecule has 1 aliphatic rings. The first-order valence-corrected chi connectivity index (χ1v) is 11.6. The number of fused-ring (bicyclic) bond motifs is 3. The minimum Gasteiger partial charge on any atom is -0.457 e. The van der Waals surface area contributed by atoms with Crippen molar-refractivity contribution in [2.45, 2.75) is 6.61 Å². The van der Waals surface area contributed by atoms with Crippen LogP contribution in [-0.2, 0) is 11.3 Å². The maximum Gasteiger partial charge on any atom is 0.343 e. The van der Waals surface area contributed by atoms with Crippen LogP contribution in [0.3, 0.4) is 0 Å². The number of carbonyl (C=O) groups excluding carboxylic acids is 3. The largest absolute Gasteiger partial charge is 0.457 e. The minimum absolute atomic E-state index is 0.0404. The molecule has 0 saturated carbocycles. The lowest BCUT2D eigenvalue weighted by molar-refractivity contribution is 0.0476. The molecule has 180 valence electrons. The number of benzene rings is 3. The number of allylic oxidation sites excluding steroid dienone is 1. The summed E-state index contributed by atoms with van der Waals surface area (Å²) in [4.78, 5) is 47.2. The molecule has 2 heterocycles. The molecule has 0 spiro atoms. The predicted molar refractivity (Wildman–Crippen MR) is 129 cm³/mol. The SMILES string of the molecule is O=C1C(=Cc2cnc3c(C(=O)OCc4ccccc4)c4nsnc4cc3n2)C(=O)c2cc(F)c(F)cc21. The summed E-state index contributed by atoms with van der Waals surface area (Å²) in [6.45, 7) is 0.0404. The van der Waals surface area contributed by atoms with Gasteiger partial charge in [0.15, 0.2) is 23.2 Å². The van der Waals surface area contributed by atoms with Crippen LogP contribution in [0.4, 0.5) is 8.78 Å². The number of rotatable bonds is 4. The molecular weight excluding hydrogens is 502 g/mol. The van der Waals surface area contributed by atoms with E-state index < -0.39 is 29.2 Å². The van der Waals surface area contributed by atoms with Gasteiger partial charge in [-0.25, -0.2) is 18.6 Å². The molecule has 3 aromatic carbocycles. The summed E-state index contributed by atoms with van der Waals surface area (Å²) < 4.78 is 41.1. The van der Waals surface area contributed by atoms with E-state index in [0.29, 0.717) is 23.2 Å². The second-order valence-electron chi connectivity index (χ2n) is 8.14. The number of esters is 1. The Morgan fingerprint density at radius 2 is 1.62 bits per heavy atom. The third-order valence-corrected chi connectivity index (χ3v) is 6.37. The summed E-state index contributed by atoms with van der Waals surface area (Å²) in [6, 6.07) is 12.1. The Morgan fingerprint density at radius 1 is 0.919 bits per heavy atom. The zero-order chi connectivity index (χ0) is 25.7. The van der Waals surface area contributed by atoms with Gasteiger partial charge in [-0.2, -0.15) is 8.75 Å². The number of carbonyl (C=O) groups is 3. The van der Waals surface area contributed by atoms with Crippen LogP contribution in [0.25, 0.3) is 28.1 Å². The normalized spacial score (nSPS) is 12.9. The first-order valence-electron chi connectivity index (χ1n) is 10.8. The minimum atomic E-state index is -1.22. The van der Waals surface area contributed by atoms with E-state index in [1.165, 1.54) is 12.3 Å². The average molecular weight is 514 g/mol. The number of nitrogens with zero attached hydrogens (tertiary/aromatic N) is 4. The zero-order valence-electron chi connectivity index (χ0n) is 18.6. The van der Waals surface area contributed by atoms with Gasteiger partial charge in [-0.3, -0.25) is 14.6 Å². The fraction of sp³-hybridized carbons (Fsp3) is 0.0385. The number of ketones is 2. The molecule has 8 nitrogen and oxygen atoms in total. The Hall–Kier alpha value is -4.77. The molecule has 5 aromatic rings. The van der Waals surface area contributed by atoms with Gasteiger partial charge in [-0.15, -0.1) is 0 Å². The molecule has 2 aromatic heterocycles. The molecular formula is C26H12F2N4O4S. The first kappa shape index (κ1) is 22.7. The van der Waals surface area contributed by atoms with Crippen molar-refractivity contribution in [3.8, 4) is 0 Å². The Balaban J connectivity index is 1.39. The highest BCUT2D eigenvalue weighted by atomic mass is 32.1. The second-order valence-corrected chi connectivity index (χ2v) is 8.66. The number of ether oxygens (including phenoxy) is 1. The van der Waals surface area contributed by atoms with E-state index in [4.69, 9.17) is 4.74 Å². The topological polar surface area (TPSA) is 112 Å². The van der Waals surface area contributed by atoms with Gasteiger partial charge in [0.05, 0.1) is 34.7 Å². The highest BCUT2D eigenvalue weighted by Crippen LogP contribution is 2.31. The van der Waals surface area contributed by atoms with Gasteiger partial charge < -0.3 is 4.74 Å². The highest BCUT2D eigenvalue weighted by Gasteiger charge is 2.34. The summed E-state index contributed by atoms with van der Waals surface area (Å²) in [5.41, 5.74) is 1.46. The van der Waals surface area contributed by atoms with Crippen molar-refractivity contribution < 1.29 is 27.9 Å². The zero-order valence-corrected chi connectivity index (χ0v) is 19.4. The maximum atomic E-state index is 13.6. The van der Waals surface area contributed by atoms with Crippen molar-refractivity contribution in [2.75, 3.05) is 0 Å². The average Bonchev–Trinajstić information content (AvgIpc) is 3.45. The van der Waals surface area contributed by atoms with Crippen LogP contribution in [0.2, 0.25) is 0 Å². The van der Waals surface area contributed by atoms with Crippen LogP contribution in [0.15, 0.2) is 60.3 Å². The van der Waals surface area contributed by atoms with Gasteiger partial charge in [0, 0.05) is 11.1 Å². The summed E-state index contributed by atoms with van der Waals surface area (Å²) in [6.07, 6.45) is 2.48. The molecule has 0 aliphatic heterocycles. The van der Waals surface area contributed by atoms with E-state index in [2.05, 4.69) is 18.7 Å². The molecule has 0 unspecified atom stereocenters. The maximum absolute atomic E-state index is 13.6. The molecule has 0 atom stereocenters. The third-order valence-electron chi connectivity index (χ3n) is 5.83. The number of aromatic nitrogens is 4. The number of hydrogen-bond acceptors (Lipinski definition) is 9. The number of halogens is 2. The summed E-state index contributed by atoms with van der Waals surface area (Å²) in [7, 11) is 0. The van der Waals surface area contributed by atoms with E-state index in [1.807, 2.05) is 30.3 Å². The van der Waals surface area contributed by atoms with Crippen molar-refractivity contribution in [1.82, 2.24) is 18.7 Å². The van der Waals surface area contributed by atoms with Crippen molar-refractivity contribution in [1.29, 1.82) is 0 Å². The molecule has 11 heteroatoms. The molecule has 6 rings (SSSR count). The highest BCUT2D eigenvalue weighted by molar-refractivity contribution is 7.00. The van der Waals surface area contributed by atoms with E-state index in [9.17, 15) is 23.2 Å². The molecule has 37 heavy (non-hydrogen) atoms. The lowest BCUT2D eigenvalue weighted by atomic mass is 10.1. The molecule has 0 radical (unpaired) electrons. The van der Waals surface area contributed by atoms with E-state index in [0.717, 1.165) is 17.3 Å². The van der Waals surface area contributed by atoms with Crippen molar-refractivity contribution >= 4 is 57.4 Å². The van der Waals surface area contributed by atoms with Gasteiger partial charge in [0.2, 0.25) is 0 Å². The van der Waals surface area contributed by atoms with Crippen LogP contribution in [-0.4, -0.2) is 36.3 Å². The monoisotopic (exact) mass is 514 g/mol. The number of Topliss-reactive ketones (excluding diaryl/α,β-unsaturated/α-hetero) is 2. The molecule has 0 saturated heterocycles. The van der Waals surface area contributed by atoms with Gasteiger partial charge in [0.1, 0.15) is 28.7 Å². The molecule has 0 amide bonds. The molecule has 0 N–H and O–H groups in total. The fourth-order valence-corrected chi connectivity index (χ4v) is 4.60. The summed E-state index contributed by atoms with van der Waals surface area (Å²) in [5.74, 6) is -4.60. The van der Waals surface area contributed by atoms with Crippen LogP contribution in [0.5, 0.6) is 0 Å². The predicted octanol–water partition coefficient (Wildman–Crippen LogP) is 4.73. The quantitative estimate of drug-likeness (QED) is 0.192. The molecule has 0 fully saturated rings. The van der Waals surface area contributed by atoms with Gasteiger partial charge in [-0.1, -0.05) is 30.3 Å². The van der Waals surface area contributed by atoms with Gasteiger partial charge in [0.25, 0.3) is 0 Å². The van der Waals surface area contributed by atoms with E-state index in [1.54, 1.807) is 6.07 Å². The summed E-state index contributed by atoms with van der Waals surface area (Å²) >= 11 is 0.910. The van der Waals surface area contributed by atoms with Crippen molar-refractivity contribution in [2.24, 2.45) is 0 Å². The summed E-state index contributed by atoms with van der Waals surface area (Å²) in [5, 5.41) is 0. The lowest BCUT2D eigenvalue weighted by Crippen LogP contribution is -2.08. The van der Waals surface area contributed by atoms with Crippen LogP contribution in [0.1, 0.15) is 42.3 Å². The van der Waals surface area contributed by atoms with Crippen LogP contribution < -0.4 is 0 Å². The van der Waals surface area contributed by atoms with Crippen LogP contribution in [0, 0.1) is 11.6 Å². The third kappa shape index (κ3) is 3.85. The molecule has 0 bridgehead atoms.